The SMILES string of the molecule is CCCCCCCCN1CCC1CN. The minimum atomic E-state index is 0.714. The Kier molecular flexibility index (Phi) is 6.20. The molecule has 2 N–H and O–H groups in total. The number of rotatable bonds is 8. The van der Waals surface area contributed by atoms with Crippen molar-refractivity contribution in [3.8, 4) is 0 Å². The van der Waals surface area contributed by atoms with E-state index in [-0.39, 0.29) is 0 Å². The molecule has 0 amide bonds. The van der Waals surface area contributed by atoms with Crippen molar-refractivity contribution in [1.29, 1.82) is 0 Å². The zero-order valence-corrected chi connectivity index (χ0v) is 9.67. The number of hydrogen-bond donors (Lipinski definition) is 1. The molecule has 0 bridgehead atoms. The number of nitrogens with two attached hydrogens (primary N) is 1. The normalized spacial score (nSPS) is 22.3. The molecule has 0 saturated carbocycles. The third kappa shape index (κ3) is 3.97. The molecule has 1 fully saturated rings. The van der Waals surface area contributed by atoms with Gasteiger partial charge in [-0.1, -0.05) is 39.0 Å². The maximum atomic E-state index is 5.65. The first kappa shape index (κ1) is 12.0. The van der Waals surface area contributed by atoms with Gasteiger partial charge < -0.3 is 5.73 Å². The van der Waals surface area contributed by atoms with Crippen molar-refractivity contribution in [1.82, 2.24) is 4.90 Å². The summed E-state index contributed by atoms with van der Waals surface area (Å²) in [6, 6.07) is 0.714. The van der Waals surface area contributed by atoms with Gasteiger partial charge >= 0.3 is 0 Å². The van der Waals surface area contributed by atoms with Crippen molar-refractivity contribution >= 4 is 0 Å². The van der Waals surface area contributed by atoms with Gasteiger partial charge in [0.15, 0.2) is 0 Å². The van der Waals surface area contributed by atoms with E-state index in [2.05, 4.69) is 11.8 Å². The molecule has 0 aromatic carbocycles. The number of likely N-dealkylation sites (tertiary alicyclic amines) is 1. The predicted octanol–water partition coefficient (Wildman–Crippen LogP) is 2.38. The molecule has 14 heavy (non-hydrogen) atoms. The van der Waals surface area contributed by atoms with E-state index in [1.54, 1.807) is 0 Å². The van der Waals surface area contributed by atoms with Gasteiger partial charge in [0, 0.05) is 19.1 Å². The molecule has 0 radical (unpaired) electrons. The summed E-state index contributed by atoms with van der Waals surface area (Å²) in [5, 5.41) is 0. The third-order valence-electron chi connectivity index (χ3n) is 3.34. The number of nitrogens with zero attached hydrogens (tertiary/aromatic N) is 1. The molecule has 0 aromatic heterocycles. The Morgan fingerprint density at radius 3 is 2.43 bits per heavy atom. The Morgan fingerprint density at radius 1 is 1.14 bits per heavy atom. The zero-order chi connectivity index (χ0) is 10.2. The van der Waals surface area contributed by atoms with E-state index < -0.39 is 0 Å². The summed E-state index contributed by atoms with van der Waals surface area (Å²) >= 11 is 0. The van der Waals surface area contributed by atoms with E-state index in [1.165, 1.54) is 58.0 Å². The average molecular weight is 198 g/mol. The zero-order valence-electron chi connectivity index (χ0n) is 9.67. The molecule has 2 heteroatoms. The van der Waals surface area contributed by atoms with E-state index in [0.29, 0.717) is 6.04 Å². The van der Waals surface area contributed by atoms with Crippen molar-refractivity contribution in [2.24, 2.45) is 5.73 Å². The molecule has 1 rings (SSSR count). The number of unbranched alkanes of at least 4 members (excludes halogenated alkanes) is 5. The van der Waals surface area contributed by atoms with Crippen LogP contribution in [-0.4, -0.2) is 30.6 Å². The van der Waals surface area contributed by atoms with Gasteiger partial charge in [0.2, 0.25) is 0 Å². The molecule has 84 valence electrons. The monoisotopic (exact) mass is 198 g/mol. The van der Waals surface area contributed by atoms with Crippen molar-refractivity contribution in [3.05, 3.63) is 0 Å². The van der Waals surface area contributed by atoms with Crippen LogP contribution in [0, 0.1) is 0 Å². The molecule has 1 aliphatic heterocycles. The minimum Gasteiger partial charge on any atom is -0.329 e. The molecule has 1 saturated heterocycles. The first-order chi connectivity index (χ1) is 6.88. The summed E-state index contributed by atoms with van der Waals surface area (Å²) in [7, 11) is 0. The Labute approximate surface area is 88.8 Å². The van der Waals surface area contributed by atoms with Crippen LogP contribution in [0.5, 0.6) is 0 Å². The highest BCUT2D eigenvalue weighted by Crippen LogP contribution is 2.17. The first-order valence-electron chi connectivity index (χ1n) is 6.32. The lowest BCUT2D eigenvalue weighted by molar-refractivity contribution is 0.0945. The van der Waals surface area contributed by atoms with Crippen LogP contribution in [0.4, 0.5) is 0 Å². The van der Waals surface area contributed by atoms with Gasteiger partial charge in [-0.15, -0.1) is 0 Å². The molecule has 0 aliphatic carbocycles. The van der Waals surface area contributed by atoms with Crippen LogP contribution in [0.1, 0.15) is 51.9 Å². The molecule has 1 aliphatic rings. The van der Waals surface area contributed by atoms with Gasteiger partial charge in [0.1, 0.15) is 0 Å². The van der Waals surface area contributed by atoms with E-state index >= 15 is 0 Å². The Hall–Kier alpha value is -0.0800. The Bertz CT molecular complexity index is 134. The van der Waals surface area contributed by atoms with E-state index in [9.17, 15) is 0 Å². The summed E-state index contributed by atoms with van der Waals surface area (Å²) in [6.45, 7) is 5.70. The average Bonchev–Trinajstić information content (AvgIpc) is 2.15. The second-order valence-electron chi connectivity index (χ2n) is 4.48. The highest BCUT2D eigenvalue weighted by atomic mass is 15.2. The van der Waals surface area contributed by atoms with Gasteiger partial charge in [-0.3, -0.25) is 4.90 Å². The standard InChI is InChI=1S/C12H26N2/c1-2-3-4-5-6-7-9-14-10-8-12(14)11-13/h12H,2-11,13H2,1H3. The smallest absolute Gasteiger partial charge is 0.0230 e. The number of hydrogen-bond acceptors (Lipinski definition) is 2. The molecule has 1 heterocycles. The van der Waals surface area contributed by atoms with E-state index in [4.69, 9.17) is 5.73 Å². The summed E-state index contributed by atoms with van der Waals surface area (Å²) in [5.74, 6) is 0. The molecule has 1 atom stereocenters. The van der Waals surface area contributed by atoms with Gasteiger partial charge in [0.25, 0.3) is 0 Å². The molecule has 0 spiro atoms. The van der Waals surface area contributed by atoms with Gasteiger partial charge in [0.05, 0.1) is 0 Å². The highest BCUT2D eigenvalue weighted by molar-refractivity contribution is 4.82. The predicted molar refractivity (Wildman–Crippen MR) is 62.4 cm³/mol. The molecular weight excluding hydrogens is 172 g/mol. The Balaban J connectivity index is 1.84. The van der Waals surface area contributed by atoms with Crippen LogP contribution < -0.4 is 5.73 Å². The quantitative estimate of drug-likeness (QED) is 0.607. The van der Waals surface area contributed by atoms with Gasteiger partial charge in [-0.05, 0) is 19.4 Å². The molecule has 2 nitrogen and oxygen atoms in total. The second kappa shape index (κ2) is 7.24. The summed E-state index contributed by atoms with van der Waals surface area (Å²) in [5.41, 5.74) is 5.65. The fourth-order valence-electron chi connectivity index (χ4n) is 2.15. The highest BCUT2D eigenvalue weighted by Gasteiger charge is 2.25. The second-order valence-corrected chi connectivity index (χ2v) is 4.48. The Morgan fingerprint density at radius 2 is 1.86 bits per heavy atom. The lowest BCUT2D eigenvalue weighted by atomic mass is 10.0. The topological polar surface area (TPSA) is 29.3 Å². The van der Waals surface area contributed by atoms with Crippen LogP contribution >= 0.6 is 0 Å². The van der Waals surface area contributed by atoms with E-state index in [0.717, 1.165) is 6.54 Å². The van der Waals surface area contributed by atoms with Crippen molar-refractivity contribution in [3.63, 3.8) is 0 Å². The lowest BCUT2D eigenvalue weighted by Gasteiger charge is -2.40. The maximum Gasteiger partial charge on any atom is 0.0230 e. The van der Waals surface area contributed by atoms with E-state index in [1.807, 2.05) is 0 Å². The summed E-state index contributed by atoms with van der Waals surface area (Å²) in [4.78, 5) is 2.54. The fraction of sp³-hybridized carbons (Fsp3) is 1.00. The molecule has 0 aromatic rings. The van der Waals surface area contributed by atoms with Gasteiger partial charge in [-0.25, -0.2) is 0 Å². The summed E-state index contributed by atoms with van der Waals surface area (Å²) < 4.78 is 0. The third-order valence-corrected chi connectivity index (χ3v) is 3.34. The van der Waals surface area contributed by atoms with Crippen molar-refractivity contribution in [2.45, 2.75) is 57.9 Å². The van der Waals surface area contributed by atoms with Crippen LogP contribution in [-0.2, 0) is 0 Å². The minimum absolute atomic E-state index is 0.714. The van der Waals surface area contributed by atoms with Crippen molar-refractivity contribution in [2.75, 3.05) is 19.6 Å². The van der Waals surface area contributed by atoms with Crippen LogP contribution in [0.25, 0.3) is 0 Å². The van der Waals surface area contributed by atoms with Crippen LogP contribution in [0.2, 0.25) is 0 Å². The molecule has 1 unspecified atom stereocenters. The lowest BCUT2D eigenvalue weighted by Crippen LogP contribution is -2.51. The van der Waals surface area contributed by atoms with Gasteiger partial charge in [-0.2, -0.15) is 0 Å². The fourth-order valence-corrected chi connectivity index (χ4v) is 2.15. The molecular formula is C12H26N2. The van der Waals surface area contributed by atoms with Crippen LogP contribution in [0.3, 0.4) is 0 Å². The summed E-state index contributed by atoms with van der Waals surface area (Å²) in [6.07, 6.45) is 9.72. The first-order valence-corrected chi connectivity index (χ1v) is 6.32. The van der Waals surface area contributed by atoms with Crippen molar-refractivity contribution < 1.29 is 0 Å². The largest absolute Gasteiger partial charge is 0.329 e. The van der Waals surface area contributed by atoms with Crippen LogP contribution in [0.15, 0.2) is 0 Å². The maximum absolute atomic E-state index is 5.65.